The first-order chi connectivity index (χ1) is 12.4. The molecule has 0 saturated carbocycles. The second kappa shape index (κ2) is 8.31. The summed E-state index contributed by atoms with van der Waals surface area (Å²) in [6.45, 7) is 8.43. The molecule has 140 valence electrons. The molecule has 1 amide bonds. The molecule has 1 N–H and O–H groups in total. The Kier molecular flexibility index (Phi) is 6.09. The molecule has 2 heterocycles. The van der Waals surface area contributed by atoms with E-state index in [0.29, 0.717) is 34.8 Å². The summed E-state index contributed by atoms with van der Waals surface area (Å²) in [6.07, 6.45) is 2.19. The number of nitrogens with zero attached hydrogens (tertiary/aromatic N) is 2. The number of piperidine rings is 1. The maximum absolute atomic E-state index is 13.3. The highest BCUT2D eigenvalue weighted by Crippen LogP contribution is 2.22. The standard InChI is InChI=1S/C20H25ClFN3O/c1-13(2)12-25-7-5-14(6-8-25)11-23-20(26)17-9-15-3-4-16(22)10-18(15)24-19(17)21/h3-4,9-10,13-14H,5-8,11-12H2,1-2H3,(H,23,26). The van der Waals surface area contributed by atoms with Crippen LogP contribution in [0.15, 0.2) is 24.3 Å². The van der Waals surface area contributed by atoms with Crippen LogP contribution < -0.4 is 5.32 Å². The highest BCUT2D eigenvalue weighted by molar-refractivity contribution is 6.33. The Morgan fingerprint density at radius 1 is 1.35 bits per heavy atom. The Hall–Kier alpha value is -1.72. The van der Waals surface area contributed by atoms with E-state index in [1.807, 2.05) is 0 Å². The molecule has 0 atom stereocenters. The number of halogens is 2. The number of aromatic nitrogens is 1. The van der Waals surface area contributed by atoms with Gasteiger partial charge in [-0.3, -0.25) is 4.79 Å². The summed E-state index contributed by atoms with van der Waals surface area (Å²) in [5.74, 6) is 0.575. The van der Waals surface area contributed by atoms with Gasteiger partial charge in [0.2, 0.25) is 0 Å². The van der Waals surface area contributed by atoms with Crippen LogP contribution in [0.4, 0.5) is 4.39 Å². The van der Waals surface area contributed by atoms with Gasteiger partial charge < -0.3 is 10.2 Å². The number of carbonyl (C=O) groups is 1. The monoisotopic (exact) mass is 377 g/mol. The number of hydrogen-bond donors (Lipinski definition) is 1. The molecule has 1 aromatic carbocycles. The Morgan fingerprint density at radius 2 is 2.08 bits per heavy atom. The zero-order chi connectivity index (χ0) is 18.7. The summed E-state index contributed by atoms with van der Waals surface area (Å²) in [7, 11) is 0. The summed E-state index contributed by atoms with van der Waals surface area (Å²) in [5, 5.41) is 3.79. The third-order valence-corrected chi connectivity index (χ3v) is 5.15. The fourth-order valence-corrected chi connectivity index (χ4v) is 3.73. The molecule has 26 heavy (non-hydrogen) atoms. The lowest BCUT2D eigenvalue weighted by molar-refractivity contribution is 0.0934. The second-order valence-electron chi connectivity index (χ2n) is 7.51. The lowest BCUT2D eigenvalue weighted by atomic mass is 9.96. The first-order valence-electron chi connectivity index (χ1n) is 9.18. The fourth-order valence-electron chi connectivity index (χ4n) is 3.50. The van der Waals surface area contributed by atoms with Crippen LogP contribution in [-0.4, -0.2) is 42.0 Å². The van der Waals surface area contributed by atoms with Gasteiger partial charge >= 0.3 is 0 Å². The van der Waals surface area contributed by atoms with Crippen LogP contribution in [0, 0.1) is 17.7 Å². The highest BCUT2D eigenvalue weighted by Gasteiger charge is 2.21. The van der Waals surface area contributed by atoms with E-state index in [1.54, 1.807) is 12.1 Å². The van der Waals surface area contributed by atoms with Crippen LogP contribution in [0.2, 0.25) is 5.15 Å². The first-order valence-corrected chi connectivity index (χ1v) is 9.56. The maximum Gasteiger partial charge on any atom is 0.254 e. The van der Waals surface area contributed by atoms with Gasteiger partial charge in [-0.2, -0.15) is 0 Å². The first kappa shape index (κ1) is 19.1. The molecule has 1 aliphatic rings. The van der Waals surface area contributed by atoms with Gasteiger partial charge in [-0.15, -0.1) is 0 Å². The molecule has 0 spiro atoms. The van der Waals surface area contributed by atoms with E-state index in [9.17, 15) is 9.18 Å². The van der Waals surface area contributed by atoms with Gasteiger partial charge in [0.25, 0.3) is 5.91 Å². The summed E-state index contributed by atoms with van der Waals surface area (Å²) >= 11 is 6.14. The van der Waals surface area contributed by atoms with Crippen molar-refractivity contribution in [1.82, 2.24) is 15.2 Å². The van der Waals surface area contributed by atoms with Crippen molar-refractivity contribution in [3.8, 4) is 0 Å². The molecule has 0 unspecified atom stereocenters. The van der Waals surface area contributed by atoms with Crippen molar-refractivity contribution in [3.63, 3.8) is 0 Å². The maximum atomic E-state index is 13.3. The van der Waals surface area contributed by atoms with E-state index in [4.69, 9.17) is 11.6 Å². The molecule has 0 bridgehead atoms. The van der Waals surface area contributed by atoms with E-state index >= 15 is 0 Å². The minimum atomic E-state index is -0.373. The number of rotatable bonds is 5. The summed E-state index contributed by atoms with van der Waals surface area (Å²) in [5.41, 5.74) is 0.784. The molecule has 0 aliphatic carbocycles. The average Bonchev–Trinajstić information content (AvgIpc) is 2.59. The van der Waals surface area contributed by atoms with Crippen LogP contribution >= 0.6 is 11.6 Å². The number of amides is 1. The van der Waals surface area contributed by atoms with E-state index in [0.717, 1.165) is 32.5 Å². The van der Waals surface area contributed by atoms with Crippen LogP contribution in [-0.2, 0) is 0 Å². The Labute approximate surface area is 158 Å². The van der Waals surface area contributed by atoms with E-state index in [1.165, 1.54) is 12.1 Å². The van der Waals surface area contributed by atoms with Crippen molar-refractivity contribution in [2.24, 2.45) is 11.8 Å². The van der Waals surface area contributed by atoms with Crippen molar-refractivity contribution in [2.75, 3.05) is 26.2 Å². The Balaban J connectivity index is 1.58. The minimum Gasteiger partial charge on any atom is -0.352 e. The van der Waals surface area contributed by atoms with Gasteiger partial charge in [0.05, 0.1) is 11.1 Å². The number of hydrogen-bond acceptors (Lipinski definition) is 3. The predicted octanol–water partition coefficient (Wildman–Crippen LogP) is 4.13. The lowest BCUT2D eigenvalue weighted by Crippen LogP contribution is -2.40. The second-order valence-corrected chi connectivity index (χ2v) is 7.87. The van der Waals surface area contributed by atoms with Gasteiger partial charge in [-0.05, 0) is 56.0 Å². The largest absolute Gasteiger partial charge is 0.352 e. The van der Waals surface area contributed by atoms with Gasteiger partial charge in [-0.1, -0.05) is 25.4 Å². The number of pyridine rings is 1. The zero-order valence-electron chi connectivity index (χ0n) is 15.3. The number of fused-ring (bicyclic) bond motifs is 1. The van der Waals surface area contributed by atoms with Gasteiger partial charge in [-0.25, -0.2) is 9.37 Å². The average molecular weight is 378 g/mol. The van der Waals surface area contributed by atoms with Crippen LogP contribution in [0.5, 0.6) is 0 Å². The molecular weight excluding hydrogens is 353 g/mol. The Bertz CT molecular complexity index is 788. The number of carbonyl (C=O) groups excluding carboxylic acids is 1. The minimum absolute atomic E-state index is 0.104. The SMILES string of the molecule is CC(C)CN1CCC(CNC(=O)c2cc3ccc(F)cc3nc2Cl)CC1. The summed E-state index contributed by atoms with van der Waals surface area (Å²) < 4.78 is 13.3. The molecule has 2 aromatic rings. The van der Waals surface area contributed by atoms with Crippen molar-refractivity contribution >= 4 is 28.4 Å². The van der Waals surface area contributed by atoms with Gasteiger partial charge in [0, 0.05) is 24.5 Å². The zero-order valence-corrected chi connectivity index (χ0v) is 16.0. The molecule has 0 radical (unpaired) electrons. The third-order valence-electron chi connectivity index (χ3n) is 4.86. The molecule has 1 aromatic heterocycles. The normalized spacial score (nSPS) is 16.3. The number of nitrogens with one attached hydrogen (secondary N) is 1. The Morgan fingerprint density at radius 3 is 2.77 bits per heavy atom. The molecule has 3 rings (SSSR count). The highest BCUT2D eigenvalue weighted by atomic mass is 35.5. The summed E-state index contributed by atoms with van der Waals surface area (Å²) in [4.78, 5) is 19.1. The molecule has 4 nitrogen and oxygen atoms in total. The molecule has 1 aliphatic heterocycles. The summed E-state index contributed by atoms with van der Waals surface area (Å²) in [6, 6.07) is 5.94. The van der Waals surface area contributed by atoms with Crippen LogP contribution in [0.25, 0.3) is 10.9 Å². The van der Waals surface area contributed by atoms with Gasteiger partial charge in [0.15, 0.2) is 0 Å². The van der Waals surface area contributed by atoms with Crippen molar-refractivity contribution in [2.45, 2.75) is 26.7 Å². The third kappa shape index (κ3) is 4.71. The van der Waals surface area contributed by atoms with Crippen molar-refractivity contribution in [3.05, 3.63) is 40.8 Å². The predicted molar refractivity (Wildman–Crippen MR) is 103 cm³/mol. The van der Waals surface area contributed by atoms with Crippen LogP contribution in [0.3, 0.4) is 0 Å². The molecule has 6 heteroatoms. The fraction of sp³-hybridized carbons (Fsp3) is 0.500. The van der Waals surface area contributed by atoms with E-state index in [2.05, 4.69) is 29.0 Å². The van der Waals surface area contributed by atoms with Gasteiger partial charge in [0.1, 0.15) is 11.0 Å². The lowest BCUT2D eigenvalue weighted by Gasteiger charge is -2.33. The molecule has 1 saturated heterocycles. The molecular formula is C20H25ClFN3O. The quantitative estimate of drug-likeness (QED) is 0.797. The number of benzene rings is 1. The van der Waals surface area contributed by atoms with E-state index < -0.39 is 0 Å². The van der Waals surface area contributed by atoms with E-state index in [-0.39, 0.29) is 16.9 Å². The molecule has 1 fully saturated rings. The topological polar surface area (TPSA) is 45.2 Å². The number of likely N-dealkylation sites (tertiary alicyclic amines) is 1. The van der Waals surface area contributed by atoms with Crippen molar-refractivity contribution < 1.29 is 9.18 Å². The smallest absolute Gasteiger partial charge is 0.254 e. The van der Waals surface area contributed by atoms with Crippen molar-refractivity contribution in [1.29, 1.82) is 0 Å². The van der Waals surface area contributed by atoms with Crippen LogP contribution in [0.1, 0.15) is 37.0 Å².